The lowest BCUT2D eigenvalue weighted by atomic mass is 9.90. The van der Waals surface area contributed by atoms with Crippen molar-refractivity contribution < 1.29 is 14.4 Å². The summed E-state index contributed by atoms with van der Waals surface area (Å²) in [5.74, 6) is -2.68. The van der Waals surface area contributed by atoms with E-state index in [1.165, 1.54) is 13.0 Å². The quantitative estimate of drug-likeness (QED) is 0.466. The summed E-state index contributed by atoms with van der Waals surface area (Å²) in [6, 6.07) is 17.6. The van der Waals surface area contributed by atoms with Gasteiger partial charge in [-0.3, -0.25) is 14.4 Å². The van der Waals surface area contributed by atoms with Gasteiger partial charge in [-0.15, -0.1) is 0 Å². The standard InChI is InChI=1S/C19H16O3/c1-14(20)18(19(22)16-10-6-3-7-11-16)17(21)13-12-15-8-4-2-5-9-15/h2-13,18H,1H3/b13-12+. The average Bonchev–Trinajstić information content (AvgIpc) is 2.54. The number of hydrogen-bond acceptors (Lipinski definition) is 3. The Morgan fingerprint density at radius 3 is 1.95 bits per heavy atom. The second-order valence-corrected chi connectivity index (χ2v) is 4.92. The van der Waals surface area contributed by atoms with E-state index in [2.05, 4.69) is 0 Å². The minimum Gasteiger partial charge on any atom is -0.299 e. The summed E-state index contributed by atoms with van der Waals surface area (Å²) in [7, 11) is 0. The van der Waals surface area contributed by atoms with Gasteiger partial charge in [-0.2, -0.15) is 0 Å². The van der Waals surface area contributed by atoms with Crippen LogP contribution in [-0.4, -0.2) is 17.3 Å². The average molecular weight is 292 g/mol. The van der Waals surface area contributed by atoms with Crippen LogP contribution in [0.3, 0.4) is 0 Å². The minimum absolute atomic E-state index is 0.365. The number of carbonyl (C=O) groups is 3. The zero-order valence-electron chi connectivity index (χ0n) is 12.2. The first-order chi connectivity index (χ1) is 10.6. The lowest BCUT2D eigenvalue weighted by Gasteiger charge is -2.09. The van der Waals surface area contributed by atoms with Gasteiger partial charge >= 0.3 is 0 Å². The van der Waals surface area contributed by atoms with E-state index >= 15 is 0 Å². The lowest BCUT2D eigenvalue weighted by molar-refractivity contribution is -0.126. The first kappa shape index (κ1) is 15.6. The van der Waals surface area contributed by atoms with Crippen LogP contribution in [0.25, 0.3) is 6.08 Å². The van der Waals surface area contributed by atoms with Crippen LogP contribution in [0.4, 0.5) is 0 Å². The molecule has 0 aromatic heterocycles. The summed E-state index contributed by atoms with van der Waals surface area (Å²) >= 11 is 0. The highest BCUT2D eigenvalue weighted by atomic mass is 16.2. The van der Waals surface area contributed by atoms with Crippen molar-refractivity contribution in [3.63, 3.8) is 0 Å². The van der Waals surface area contributed by atoms with E-state index in [-0.39, 0.29) is 0 Å². The molecule has 0 amide bonds. The summed E-state index contributed by atoms with van der Waals surface area (Å²) in [6.07, 6.45) is 2.90. The van der Waals surface area contributed by atoms with Crippen molar-refractivity contribution in [3.05, 3.63) is 77.9 Å². The van der Waals surface area contributed by atoms with Crippen molar-refractivity contribution in [1.29, 1.82) is 0 Å². The molecule has 110 valence electrons. The first-order valence-electron chi connectivity index (χ1n) is 6.96. The molecule has 0 spiro atoms. The summed E-state index contributed by atoms with van der Waals surface area (Å²) in [5, 5.41) is 0. The Labute approximate surface area is 129 Å². The Kier molecular flexibility index (Phi) is 5.15. The van der Waals surface area contributed by atoms with Gasteiger partial charge in [-0.05, 0) is 18.6 Å². The summed E-state index contributed by atoms with van der Waals surface area (Å²) in [4.78, 5) is 36.3. The summed E-state index contributed by atoms with van der Waals surface area (Å²) in [5.41, 5.74) is 1.20. The molecule has 0 N–H and O–H groups in total. The van der Waals surface area contributed by atoms with Crippen LogP contribution in [0.5, 0.6) is 0 Å². The molecule has 0 fully saturated rings. The second-order valence-electron chi connectivity index (χ2n) is 4.92. The van der Waals surface area contributed by atoms with E-state index in [4.69, 9.17) is 0 Å². The molecule has 0 saturated heterocycles. The minimum atomic E-state index is -1.28. The maximum absolute atomic E-state index is 12.4. The highest BCUT2D eigenvalue weighted by Crippen LogP contribution is 2.13. The molecule has 1 atom stereocenters. The van der Waals surface area contributed by atoms with Gasteiger partial charge in [-0.1, -0.05) is 66.7 Å². The van der Waals surface area contributed by atoms with E-state index in [1.54, 1.807) is 36.4 Å². The smallest absolute Gasteiger partial charge is 0.181 e. The Morgan fingerprint density at radius 2 is 1.41 bits per heavy atom. The molecule has 1 unspecified atom stereocenters. The number of rotatable bonds is 6. The van der Waals surface area contributed by atoms with Crippen molar-refractivity contribution in [1.82, 2.24) is 0 Å². The molecule has 0 radical (unpaired) electrons. The molecular weight excluding hydrogens is 276 g/mol. The van der Waals surface area contributed by atoms with Crippen LogP contribution < -0.4 is 0 Å². The fraction of sp³-hybridized carbons (Fsp3) is 0.105. The van der Waals surface area contributed by atoms with Gasteiger partial charge in [0.25, 0.3) is 0 Å². The van der Waals surface area contributed by atoms with Crippen LogP contribution in [0.15, 0.2) is 66.7 Å². The van der Waals surface area contributed by atoms with E-state index in [9.17, 15) is 14.4 Å². The predicted molar refractivity (Wildman–Crippen MR) is 85.4 cm³/mol. The van der Waals surface area contributed by atoms with Gasteiger partial charge in [-0.25, -0.2) is 0 Å². The molecule has 0 aliphatic heterocycles. The zero-order chi connectivity index (χ0) is 15.9. The molecule has 0 bridgehead atoms. The van der Waals surface area contributed by atoms with Gasteiger partial charge < -0.3 is 0 Å². The zero-order valence-corrected chi connectivity index (χ0v) is 12.2. The molecule has 3 nitrogen and oxygen atoms in total. The Morgan fingerprint density at radius 1 is 0.864 bits per heavy atom. The number of ketones is 3. The van der Waals surface area contributed by atoms with Crippen LogP contribution >= 0.6 is 0 Å². The van der Waals surface area contributed by atoms with Crippen LogP contribution in [0, 0.1) is 5.92 Å². The normalized spacial score (nSPS) is 12.0. The number of hydrogen-bond donors (Lipinski definition) is 0. The number of allylic oxidation sites excluding steroid dienone is 1. The Bertz CT molecular complexity index is 700. The van der Waals surface area contributed by atoms with Gasteiger partial charge in [0.1, 0.15) is 11.7 Å². The molecule has 22 heavy (non-hydrogen) atoms. The van der Waals surface area contributed by atoms with Crippen LogP contribution in [0.2, 0.25) is 0 Å². The molecule has 0 aliphatic rings. The van der Waals surface area contributed by atoms with Crippen molar-refractivity contribution in [2.75, 3.05) is 0 Å². The SMILES string of the molecule is CC(=O)C(C(=O)/C=C/c1ccccc1)C(=O)c1ccccc1. The number of benzene rings is 2. The molecule has 3 heteroatoms. The third kappa shape index (κ3) is 3.85. The number of carbonyl (C=O) groups excluding carboxylic acids is 3. The van der Waals surface area contributed by atoms with Gasteiger partial charge in [0.15, 0.2) is 11.6 Å². The number of Topliss-reactive ketones (excluding diaryl/α,β-unsaturated/α-hetero) is 2. The Balaban J connectivity index is 2.21. The van der Waals surface area contributed by atoms with Gasteiger partial charge in [0, 0.05) is 5.56 Å². The molecule has 0 saturated carbocycles. The fourth-order valence-electron chi connectivity index (χ4n) is 2.12. The van der Waals surface area contributed by atoms with E-state index < -0.39 is 23.3 Å². The summed E-state index contributed by atoms with van der Waals surface area (Å²) in [6.45, 7) is 1.26. The van der Waals surface area contributed by atoms with Crippen molar-refractivity contribution in [2.45, 2.75) is 6.92 Å². The fourth-order valence-corrected chi connectivity index (χ4v) is 2.12. The van der Waals surface area contributed by atoms with Crippen LogP contribution in [-0.2, 0) is 9.59 Å². The highest BCUT2D eigenvalue weighted by molar-refractivity contribution is 6.26. The van der Waals surface area contributed by atoms with Gasteiger partial charge in [0.05, 0.1) is 0 Å². The lowest BCUT2D eigenvalue weighted by Crippen LogP contribution is -2.29. The van der Waals surface area contributed by atoms with Crippen molar-refractivity contribution >= 4 is 23.4 Å². The third-order valence-electron chi connectivity index (χ3n) is 3.25. The molecular formula is C19H16O3. The molecule has 2 aromatic carbocycles. The topological polar surface area (TPSA) is 51.2 Å². The van der Waals surface area contributed by atoms with Crippen LogP contribution in [0.1, 0.15) is 22.8 Å². The predicted octanol–water partition coefficient (Wildman–Crippen LogP) is 3.36. The van der Waals surface area contributed by atoms with Crippen molar-refractivity contribution in [2.24, 2.45) is 5.92 Å². The van der Waals surface area contributed by atoms with E-state index in [0.29, 0.717) is 5.56 Å². The largest absolute Gasteiger partial charge is 0.299 e. The summed E-state index contributed by atoms with van der Waals surface area (Å²) < 4.78 is 0. The highest BCUT2D eigenvalue weighted by Gasteiger charge is 2.29. The Hall–Kier alpha value is -2.81. The molecule has 2 rings (SSSR count). The maximum Gasteiger partial charge on any atom is 0.181 e. The molecule has 0 aliphatic carbocycles. The molecule has 2 aromatic rings. The maximum atomic E-state index is 12.4. The molecule has 0 heterocycles. The van der Waals surface area contributed by atoms with Crippen molar-refractivity contribution in [3.8, 4) is 0 Å². The monoisotopic (exact) mass is 292 g/mol. The first-order valence-corrected chi connectivity index (χ1v) is 6.96. The second kappa shape index (κ2) is 7.27. The van der Waals surface area contributed by atoms with Gasteiger partial charge in [0.2, 0.25) is 0 Å². The van der Waals surface area contributed by atoms with E-state index in [1.807, 2.05) is 30.3 Å². The van der Waals surface area contributed by atoms with E-state index in [0.717, 1.165) is 5.56 Å². The third-order valence-corrected chi connectivity index (χ3v) is 3.25.